The fourth-order valence-corrected chi connectivity index (χ4v) is 3.22. The first-order valence-electron chi connectivity index (χ1n) is 8.70. The lowest BCUT2D eigenvalue weighted by Gasteiger charge is -2.33. The number of rotatable bonds is 6. The summed E-state index contributed by atoms with van der Waals surface area (Å²) in [6.45, 7) is 5.70. The van der Waals surface area contributed by atoms with E-state index in [1.807, 2.05) is 25.1 Å². The number of hydrogen-bond donors (Lipinski definition) is 1. The molecule has 1 saturated heterocycles. The summed E-state index contributed by atoms with van der Waals surface area (Å²) in [7, 11) is 0. The lowest BCUT2D eigenvalue weighted by atomic mass is 10.0. The van der Waals surface area contributed by atoms with Crippen LogP contribution in [-0.4, -0.2) is 30.6 Å². The van der Waals surface area contributed by atoms with Crippen molar-refractivity contribution >= 4 is 5.69 Å². The molecule has 2 aromatic rings. The zero-order chi connectivity index (χ0) is 16.8. The predicted octanol–water partition coefficient (Wildman–Crippen LogP) is 4.30. The molecule has 0 amide bonds. The summed E-state index contributed by atoms with van der Waals surface area (Å²) in [5, 5.41) is 3.45. The van der Waals surface area contributed by atoms with Crippen LogP contribution in [0.2, 0.25) is 0 Å². The van der Waals surface area contributed by atoms with Crippen LogP contribution in [0.4, 0.5) is 10.1 Å². The van der Waals surface area contributed by atoms with Crippen molar-refractivity contribution in [1.82, 2.24) is 4.90 Å². The molecule has 4 heteroatoms. The zero-order valence-electron chi connectivity index (χ0n) is 14.2. The number of ether oxygens (including phenoxy) is 1. The molecule has 0 radical (unpaired) electrons. The number of nitrogens with one attached hydrogen (secondary N) is 1. The maximum Gasteiger partial charge on any atom is 0.125 e. The largest absolute Gasteiger partial charge is 0.494 e. The van der Waals surface area contributed by atoms with Gasteiger partial charge in [-0.3, -0.25) is 4.90 Å². The Morgan fingerprint density at radius 2 is 1.92 bits per heavy atom. The molecule has 1 aliphatic heterocycles. The van der Waals surface area contributed by atoms with Gasteiger partial charge in [0.15, 0.2) is 0 Å². The standard InChI is InChI=1S/C20H25FN2O/c1-2-24-20-9-4-3-6-16(20)15-23-12-10-18(11-13-23)22-19-8-5-7-17(21)14-19/h3-9,14,18,22H,2,10-13,15H2,1H3. The van der Waals surface area contributed by atoms with Gasteiger partial charge in [0, 0.05) is 36.9 Å². The first-order chi connectivity index (χ1) is 11.7. The molecule has 128 valence electrons. The highest BCUT2D eigenvalue weighted by Gasteiger charge is 2.20. The van der Waals surface area contributed by atoms with E-state index >= 15 is 0 Å². The molecule has 24 heavy (non-hydrogen) atoms. The van der Waals surface area contributed by atoms with Gasteiger partial charge in [0.25, 0.3) is 0 Å². The highest BCUT2D eigenvalue weighted by Crippen LogP contribution is 2.23. The van der Waals surface area contributed by atoms with E-state index in [0.717, 1.165) is 43.9 Å². The highest BCUT2D eigenvalue weighted by atomic mass is 19.1. The number of nitrogens with zero attached hydrogens (tertiary/aromatic N) is 1. The van der Waals surface area contributed by atoms with Crippen molar-refractivity contribution in [3.8, 4) is 5.75 Å². The second-order valence-electron chi connectivity index (χ2n) is 6.25. The maximum absolute atomic E-state index is 13.3. The molecule has 1 heterocycles. The zero-order valence-corrected chi connectivity index (χ0v) is 14.2. The lowest BCUT2D eigenvalue weighted by molar-refractivity contribution is 0.207. The van der Waals surface area contributed by atoms with Crippen molar-refractivity contribution in [3.05, 3.63) is 59.9 Å². The molecular formula is C20H25FN2O. The summed E-state index contributed by atoms with van der Waals surface area (Å²) in [5.41, 5.74) is 2.12. The fraction of sp³-hybridized carbons (Fsp3) is 0.400. The van der Waals surface area contributed by atoms with Crippen molar-refractivity contribution in [3.63, 3.8) is 0 Å². The average Bonchev–Trinajstić information content (AvgIpc) is 2.59. The molecule has 0 aromatic heterocycles. The van der Waals surface area contributed by atoms with Crippen LogP contribution < -0.4 is 10.1 Å². The van der Waals surface area contributed by atoms with Gasteiger partial charge in [-0.2, -0.15) is 0 Å². The van der Waals surface area contributed by atoms with Crippen molar-refractivity contribution in [1.29, 1.82) is 0 Å². The van der Waals surface area contributed by atoms with E-state index in [0.29, 0.717) is 12.6 Å². The molecule has 0 unspecified atom stereocenters. The SMILES string of the molecule is CCOc1ccccc1CN1CCC(Nc2cccc(F)c2)CC1. The van der Waals surface area contributed by atoms with Gasteiger partial charge in [-0.25, -0.2) is 4.39 Å². The molecular weight excluding hydrogens is 303 g/mol. The number of anilines is 1. The summed E-state index contributed by atoms with van der Waals surface area (Å²) in [4.78, 5) is 2.46. The Hall–Kier alpha value is -2.07. The molecule has 1 N–H and O–H groups in total. The maximum atomic E-state index is 13.3. The number of halogens is 1. The number of benzene rings is 2. The van der Waals surface area contributed by atoms with Crippen molar-refractivity contribution in [2.45, 2.75) is 32.4 Å². The Morgan fingerprint density at radius 3 is 2.67 bits per heavy atom. The second kappa shape index (κ2) is 8.15. The molecule has 0 bridgehead atoms. The molecule has 0 atom stereocenters. The number of likely N-dealkylation sites (tertiary alicyclic amines) is 1. The van der Waals surface area contributed by atoms with Crippen LogP contribution in [0.15, 0.2) is 48.5 Å². The summed E-state index contributed by atoms with van der Waals surface area (Å²) < 4.78 is 19.0. The van der Waals surface area contributed by atoms with E-state index in [4.69, 9.17) is 4.74 Å². The van der Waals surface area contributed by atoms with E-state index in [2.05, 4.69) is 22.3 Å². The molecule has 2 aromatic carbocycles. The Balaban J connectivity index is 1.52. The molecule has 1 aliphatic rings. The molecule has 0 spiro atoms. The summed E-state index contributed by atoms with van der Waals surface area (Å²) >= 11 is 0. The third-order valence-corrected chi connectivity index (χ3v) is 4.45. The van der Waals surface area contributed by atoms with Crippen LogP contribution in [0.1, 0.15) is 25.3 Å². The van der Waals surface area contributed by atoms with Crippen molar-refractivity contribution in [2.24, 2.45) is 0 Å². The van der Waals surface area contributed by atoms with Gasteiger partial charge in [-0.1, -0.05) is 24.3 Å². The van der Waals surface area contributed by atoms with E-state index in [-0.39, 0.29) is 5.82 Å². The van der Waals surface area contributed by atoms with Crippen LogP contribution in [0.25, 0.3) is 0 Å². The Morgan fingerprint density at radius 1 is 1.12 bits per heavy atom. The van der Waals surface area contributed by atoms with Gasteiger partial charge in [0.1, 0.15) is 11.6 Å². The first kappa shape index (κ1) is 16.8. The predicted molar refractivity (Wildman–Crippen MR) is 95.9 cm³/mol. The number of hydrogen-bond acceptors (Lipinski definition) is 3. The monoisotopic (exact) mass is 328 g/mol. The van der Waals surface area contributed by atoms with Crippen molar-refractivity contribution in [2.75, 3.05) is 25.0 Å². The minimum atomic E-state index is -0.190. The molecule has 3 nitrogen and oxygen atoms in total. The quantitative estimate of drug-likeness (QED) is 0.855. The van der Waals surface area contributed by atoms with E-state index in [9.17, 15) is 4.39 Å². The van der Waals surface area contributed by atoms with Crippen LogP contribution in [0, 0.1) is 5.82 Å². The van der Waals surface area contributed by atoms with Gasteiger partial charge in [-0.05, 0) is 44.0 Å². The lowest BCUT2D eigenvalue weighted by Crippen LogP contribution is -2.38. The van der Waals surface area contributed by atoms with Crippen LogP contribution in [0.3, 0.4) is 0 Å². The molecule has 3 rings (SSSR count). The summed E-state index contributed by atoms with van der Waals surface area (Å²) in [5.74, 6) is 0.796. The number of piperidine rings is 1. The molecule has 1 fully saturated rings. The average molecular weight is 328 g/mol. The summed E-state index contributed by atoms with van der Waals surface area (Å²) in [6, 6.07) is 15.4. The van der Waals surface area contributed by atoms with E-state index in [1.54, 1.807) is 12.1 Å². The first-order valence-corrected chi connectivity index (χ1v) is 8.70. The van der Waals surface area contributed by atoms with Crippen LogP contribution in [-0.2, 0) is 6.54 Å². The van der Waals surface area contributed by atoms with Gasteiger partial charge < -0.3 is 10.1 Å². The van der Waals surface area contributed by atoms with E-state index in [1.165, 1.54) is 11.6 Å². The fourth-order valence-electron chi connectivity index (χ4n) is 3.22. The number of para-hydroxylation sites is 1. The van der Waals surface area contributed by atoms with Gasteiger partial charge in [-0.15, -0.1) is 0 Å². The Kier molecular flexibility index (Phi) is 5.70. The van der Waals surface area contributed by atoms with Crippen molar-refractivity contribution < 1.29 is 9.13 Å². The Bertz CT molecular complexity index is 654. The third kappa shape index (κ3) is 4.48. The smallest absolute Gasteiger partial charge is 0.125 e. The second-order valence-corrected chi connectivity index (χ2v) is 6.25. The normalized spacial score (nSPS) is 16.1. The molecule has 0 saturated carbocycles. The topological polar surface area (TPSA) is 24.5 Å². The van der Waals surface area contributed by atoms with Crippen LogP contribution in [0.5, 0.6) is 5.75 Å². The highest BCUT2D eigenvalue weighted by molar-refractivity contribution is 5.44. The third-order valence-electron chi connectivity index (χ3n) is 4.45. The van der Waals surface area contributed by atoms with Crippen LogP contribution >= 0.6 is 0 Å². The molecule has 0 aliphatic carbocycles. The minimum Gasteiger partial charge on any atom is -0.494 e. The van der Waals surface area contributed by atoms with Gasteiger partial charge in [0.2, 0.25) is 0 Å². The Labute approximate surface area is 143 Å². The van der Waals surface area contributed by atoms with Gasteiger partial charge >= 0.3 is 0 Å². The summed E-state index contributed by atoms with van der Waals surface area (Å²) in [6.07, 6.45) is 2.13. The van der Waals surface area contributed by atoms with Gasteiger partial charge in [0.05, 0.1) is 6.61 Å². The minimum absolute atomic E-state index is 0.190. The van der Waals surface area contributed by atoms with E-state index < -0.39 is 0 Å².